The van der Waals surface area contributed by atoms with E-state index in [4.69, 9.17) is 5.73 Å². The van der Waals surface area contributed by atoms with Crippen molar-refractivity contribution in [3.63, 3.8) is 0 Å². The summed E-state index contributed by atoms with van der Waals surface area (Å²) in [5.74, 6) is 0. The van der Waals surface area contributed by atoms with Gasteiger partial charge in [-0.2, -0.15) is 0 Å². The predicted octanol–water partition coefficient (Wildman–Crippen LogP) is 2.86. The van der Waals surface area contributed by atoms with E-state index in [0.29, 0.717) is 0 Å². The Morgan fingerprint density at radius 3 is 2.71 bits per heavy atom. The van der Waals surface area contributed by atoms with Crippen LogP contribution in [0.4, 0.5) is 0 Å². The van der Waals surface area contributed by atoms with Crippen molar-refractivity contribution >= 4 is 0 Å². The maximum atomic E-state index is 5.44. The normalized spacial score (nSPS) is 10.4. The van der Waals surface area contributed by atoms with E-state index in [0.717, 1.165) is 19.4 Å². The largest absolute Gasteiger partial charge is 0.330 e. The fraction of sp³-hybridized carbons (Fsp3) is 0.538. The third-order valence-corrected chi connectivity index (χ3v) is 2.42. The van der Waals surface area contributed by atoms with Crippen LogP contribution in [0.5, 0.6) is 0 Å². The molecule has 1 aromatic rings. The molecule has 0 aliphatic carbocycles. The van der Waals surface area contributed by atoms with Gasteiger partial charge in [0.05, 0.1) is 0 Å². The summed E-state index contributed by atoms with van der Waals surface area (Å²) in [6, 6.07) is 9.61. The van der Waals surface area contributed by atoms with Crippen LogP contribution < -0.4 is 5.73 Å². The summed E-state index contributed by atoms with van der Waals surface area (Å²) in [6.45, 7) is 2.96. The van der Waals surface area contributed by atoms with Gasteiger partial charge in [-0.05, 0) is 44.4 Å². The van der Waals surface area contributed by atoms with Crippen LogP contribution in [0.25, 0.3) is 0 Å². The molecule has 0 heterocycles. The van der Waals surface area contributed by atoms with Gasteiger partial charge in [-0.15, -0.1) is 0 Å². The van der Waals surface area contributed by atoms with Gasteiger partial charge in [0.2, 0.25) is 0 Å². The summed E-state index contributed by atoms with van der Waals surface area (Å²) < 4.78 is 0. The Hall–Kier alpha value is -0.820. The lowest BCUT2D eigenvalue weighted by Gasteiger charge is -2.01. The highest BCUT2D eigenvalue weighted by Gasteiger charge is 1.94. The molecule has 77 valence electrons. The molecule has 1 nitrogen and oxygen atoms in total. The Morgan fingerprint density at radius 1 is 1.21 bits per heavy atom. The minimum Gasteiger partial charge on any atom is -0.330 e. The van der Waals surface area contributed by atoms with Crippen molar-refractivity contribution in [3.8, 4) is 0 Å². The predicted molar refractivity (Wildman–Crippen MR) is 61.2 cm³/mol. The highest BCUT2D eigenvalue weighted by molar-refractivity contribution is 5.20. The van der Waals surface area contributed by atoms with Crippen LogP contribution in [0.3, 0.4) is 0 Å². The van der Waals surface area contributed by atoms with Crippen LogP contribution in [0.1, 0.15) is 36.8 Å². The van der Waals surface area contributed by atoms with Gasteiger partial charge in [0.15, 0.2) is 0 Å². The first-order chi connectivity index (χ1) is 6.83. The highest BCUT2D eigenvalue weighted by Crippen LogP contribution is 2.08. The van der Waals surface area contributed by atoms with E-state index in [-0.39, 0.29) is 0 Å². The van der Waals surface area contributed by atoms with E-state index in [1.54, 1.807) is 0 Å². The minimum absolute atomic E-state index is 0.830. The van der Waals surface area contributed by atoms with Crippen LogP contribution >= 0.6 is 0 Å². The smallest absolute Gasteiger partial charge is 0.00773 e. The zero-order chi connectivity index (χ0) is 10.2. The number of benzene rings is 1. The molecule has 2 N–H and O–H groups in total. The summed E-state index contributed by atoms with van der Waals surface area (Å²) in [5, 5.41) is 0. The lowest BCUT2D eigenvalue weighted by Crippen LogP contribution is -1.97. The van der Waals surface area contributed by atoms with Crippen molar-refractivity contribution in [2.75, 3.05) is 6.54 Å². The van der Waals surface area contributed by atoms with E-state index in [2.05, 4.69) is 25.1 Å². The van der Waals surface area contributed by atoms with Gasteiger partial charge in [0.1, 0.15) is 0 Å². The van der Waals surface area contributed by atoms with E-state index < -0.39 is 0 Å². The maximum absolute atomic E-state index is 5.44. The Morgan fingerprint density at radius 2 is 2.00 bits per heavy atom. The Bertz CT molecular complexity index is 255. The molecular formula is C13H20N. The molecule has 0 amide bonds. The summed E-state index contributed by atoms with van der Waals surface area (Å²) >= 11 is 0. The van der Waals surface area contributed by atoms with E-state index in [1.807, 2.05) is 6.07 Å². The van der Waals surface area contributed by atoms with Gasteiger partial charge < -0.3 is 5.73 Å². The first-order valence-corrected chi connectivity index (χ1v) is 5.50. The number of nitrogens with two attached hydrogens (primary N) is 1. The zero-order valence-corrected chi connectivity index (χ0v) is 9.05. The van der Waals surface area contributed by atoms with Crippen molar-refractivity contribution in [1.82, 2.24) is 0 Å². The van der Waals surface area contributed by atoms with Gasteiger partial charge in [-0.3, -0.25) is 0 Å². The second-order valence-electron chi connectivity index (χ2n) is 3.84. The van der Waals surface area contributed by atoms with Gasteiger partial charge in [-0.1, -0.05) is 36.6 Å². The van der Waals surface area contributed by atoms with E-state index in [9.17, 15) is 0 Å². The third kappa shape index (κ3) is 4.43. The van der Waals surface area contributed by atoms with Gasteiger partial charge in [0, 0.05) is 0 Å². The van der Waals surface area contributed by atoms with Crippen molar-refractivity contribution in [2.45, 2.75) is 39.0 Å². The quantitative estimate of drug-likeness (QED) is 0.686. The number of hydrogen-bond acceptors (Lipinski definition) is 1. The van der Waals surface area contributed by atoms with E-state index in [1.165, 1.54) is 30.4 Å². The molecule has 0 spiro atoms. The van der Waals surface area contributed by atoms with Gasteiger partial charge in [-0.25, -0.2) is 0 Å². The Balaban J connectivity index is 2.18. The van der Waals surface area contributed by atoms with Crippen molar-refractivity contribution in [1.29, 1.82) is 0 Å². The summed E-state index contributed by atoms with van der Waals surface area (Å²) in [5.41, 5.74) is 8.11. The molecule has 1 aromatic carbocycles. The first kappa shape index (κ1) is 11.3. The van der Waals surface area contributed by atoms with Crippen LogP contribution in [0.15, 0.2) is 18.2 Å². The maximum Gasteiger partial charge on any atom is -0.00773 e. The molecule has 0 saturated heterocycles. The highest BCUT2D eigenvalue weighted by atomic mass is 14.5. The Kier molecular flexibility index (Phi) is 5.31. The van der Waals surface area contributed by atoms with Crippen LogP contribution in [0, 0.1) is 13.0 Å². The third-order valence-electron chi connectivity index (χ3n) is 2.42. The number of rotatable bonds is 6. The zero-order valence-electron chi connectivity index (χ0n) is 9.05. The second-order valence-corrected chi connectivity index (χ2v) is 3.84. The van der Waals surface area contributed by atoms with Crippen LogP contribution in [-0.4, -0.2) is 6.54 Å². The van der Waals surface area contributed by atoms with Crippen molar-refractivity contribution < 1.29 is 0 Å². The molecule has 0 aliphatic rings. The first-order valence-electron chi connectivity index (χ1n) is 5.50. The van der Waals surface area contributed by atoms with Crippen molar-refractivity contribution in [3.05, 3.63) is 35.4 Å². The van der Waals surface area contributed by atoms with E-state index >= 15 is 0 Å². The summed E-state index contributed by atoms with van der Waals surface area (Å²) in [6.07, 6.45) is 6.14. The molecule has 0 atom stereocenters. The molecule has 1 radical (unpaired) electrons. The molecule has 0 bridgehead atoms. The summed E-state index contributed by atoms with van der Waals surface area (Å²) in [7, 11) is 0. The summed E-state index contributed by atoms with van der Waals surface area (Å²) in [4.78, 5) is 0. The number of unbranched alkanes of at least 4 members (excludes halogenated alkanes) is 3. The molecule has 0 aromatic heterocycles. The topological polar surface area (TPSA) is 26.0 Å². The molecule has 1 heteroatoms. The average molecular weight is 190 g/mol. The van der Waals surface area contributed by atoms with Crippen LogP contribution in [-0.2, 0) is 6.42 Å². The average Bonchev–Trinajstić information content (AvgIpc) is 2.18. The molecule has 1 rings (SSSR count). The second kappa shape index (κ2) is 6.61. The number of hydrogen-bond donors (Lipinski definition) is 1. The fourth-order valence-corrected chi connectivity index (χ4v) is 1.60. The fourth-order valence-electron chi connectivity index (χ4n) is 1.60. The SMILES string of the molecule is Cc1cc[c]c(CCCCCCN)c1. The monoisotopic (exact) mass is 190 g/mol. The lowest BCUT2D eigenvalue weighted by molar-refractivity contribution is 0.646. The number of aryl methyl sites for hydroxylation is 2. The minimum atomic E-state index is 0.830. The molecular weight excluding hydrogens is 170 g/mol. The standard InChI is InChI=1S/C13H20N/c1-12-7-6-9-13(11-12)8-4-2-3-5-10-14/h6-7,11H,2-5,8,10,14H2,1H3. The molecule has 0 saturated carbocycles. The molecule has 14 heavy (non-hydrogen) atoms. The van der Waals surface area contributed by atoms with Crippen LogP contribution in [0.2, 0.25) is 0 Å². The van der Waals surface area contributed by atoms with Gasteiger partial charge >= 0.3 is 0 Å². The van der Waals surface area contributed by atoms with Gasteiger partial charge in [0.25, 0.3) is 0 Å². The van der Waals surface area contributed by atoms with Crippen molar-refractivity contribution in [2.24, 2.45) is 5.73 Å². The molecule has 0 aliphatic heterocycles. The Labute approximate surface area is 87.3 Å². The lowest BCUT2D eigenvalue weighted by atomic mass is 10.0. The molecule has 0 fully saturated rings. The molecule has 0 unspecified atom stereocenters.